The minimum absolute atomic E-state index is 0.437. The topological polar surface area (TPSA) is 75.3 Å². The predicted molar refractivity (Wildman–Crippen MR) is 99.4 cm³/mol. The number of aromatic nitrogens is 4. The monoisotopic (exact) mass is 339 g/mol. The van der Waals surface area contributed by atoms with Gasteiger partial charge < -0.3 is 10.4 Å². The Balaban J connectivity index is 1.84. The lowest BCUT2D eigenvalue weighted by atomic mass is 9.95. The highest BCUT2D eigenvalue weighted by Gasteiger charge is 2.21. The molecule has 1 aromatic carbocycles. The van der Waals surface area contributed by atoms with Gasteiger partial charge in [-0.3, -0.25) is 0 Å². The smallest absolute Gasteiger partial charge is 0.254 e. The fourth-order valence-corrected chi connectivity index (χ4v) is 2.66. The van der Waals surface area contributed by atoms with Crippen LogP contribution < -0.4 is 5.32 Å². The molecule has 0 spiro atoms. The molecule has 0 fully saturated rings. The zero-order valence-corrected chi connectivity index (χ0v) is 15.0. The van der Waals surface area contributed by atoms with E-state index < -0.39 is 5.60 Å². The third-order valence-corrected chi connectivity index (χ3v) is 4.23. The third-order valence-electron chi connectivity index (χ3n) is 4.23. The molecule has 1 unspecified atom stereocenters. The molecule has 0 amide bonds. The summed E-state index contributed by atoms with van der Waals surface area (Å²) in [6.07, 6.45) is 3.22. The highest BCUT2D eigenvalue weighted by molar-refractivity contribution is 5.65. The van der Waals surface area contributed by atoms with Gasteiger partial charge in [0.2, 0.25) is 0 Å². The number of hydrogen-bond acceptors (Lipinski definition) is 5. The Bertz CT molecular complexity index is 826. The molecule has 0 aliphatic carbocycles. The van der Waals surface area contributed by atoms with Gasteiger partial charge in [-0.15, -0.1) is 0 Å². The number of rotatable bonds is 7. The number of fused-ring (bicyclic) bond motifs is 1. The molecule has 0 aliphatic heterocycles. The summed E-state index contributed by atoms with van der Waals surface area (Å²) >= 11 is 0. The van der Waals surface area contributed by atoms with E-state index in [2.05, 4.69) is 34.2 Å². The Morgan fingerprint density at radius 2 is 2.00 bits per heavy atom. The summed E-state index contributed by atoms with van der Waals surface area (Å²) in [4.78, 5) is 8.76. The van der Waals surface area contributed by atoms with Crippen LogP contribution in [0.25, 0.3) is 17.0 Å². The van der Waals surface area contributed by atoms with Gasteiger partial charge in [0.05, 0.1) is 11.3 Å². The molecule has 2 heterocycles. The Morgan fingerprint density at radius 1 is 1.24 bits per heavy atom. The number of nitrogens with zero attached hydrogens (tertiary/aromatic N) is 4. The molecule has 132 valence electrons. The molecule has 0 saturated carbocycles. The molecule has 2 N–H and O–H groups in total. The van der Waals surface area contributed by atoms with Crippen molar-refractivity contribution >= 4 is 11.6 Å². The fourth-order valence-electron chi connectivity index (χ4n) is 2.66. The van der Waals surface area contributed by atoms with Crippen molar-refractivity contribution in [1.29, 1.82) is 0 Å². The number of nitrogens with one attached hydrogen (secondary N) is 1. The van der Waals surface area contributed by atoms with E-state index in [0.717, 1.165) is 29.9 Å². The van der Waals surface area contributed by atoms with Crippen LogP contribution in [0.3, 0.4) is 0 Å². The van der Waals surface area contributed by atoms with Gasteiger partial charge in [0.1, 0.15) is 12.1 Å². The molecule has 0 saturated heterocycles. The van der Waals surface area contributed by atoms with E-state index in [1.54, 1.807) is 4.52 Å². The molecular formula is C19H25N5O. The van der Waals surface area contributed by atoms with Crippen molar-refractivity contribution in [2.45, 2.75) is 39.2 Å². The SMILES string of the molecule is CC(C)CCC(C)(O)CNc1cc(-c2ccccc2)nc2ncnn12. The quantitative estimate of drug-likeness (QED) is 0.690. The lowest BCUT2D eigenvalue weighted by molar-refractivity contribution is 0.0585. The molecular weight excluding hydrogens is 314 g/mol. The van der Waals surface area contributed by atoms with Gasteiger partial charge in [0.25, 0.3) is 5.78 Å². The normalized spacial score (nSPS) is 14.0. The maximum atomic E-state index is 10.6. The Hall–Kier alpha value is -2.47. The van der Waals surface area contributed by atoms with Gasteiger partial charge >= 0.3 is 0 Å². The van der Waals surface area contributed by atoms with Gasteiger partial charge in [-0.25, -0.2) is 4.98 Å². The van der Waals surface area contributed by atoms with Crippen molar-refractivity contribution in [2.24, 2.45) is 5.92 Å². The third kappa shape index (κ3) is 4.33. The molecule has 0 aliphatic rings. The molecule has 25 heavy (non-hydrogen) atoms. The minimum Gasteiger partial charge on any atom is -0.388 e. The van der Waals surface area contributed by atoms with E-state index >= 15 is 0 Å². The lowest BCUT2D eigenvalue weighted by Gasteiger charge is -2.25. The van der Waals surface area contributed by atoms with Gasteiger partial charge in [0.15, 0.2) is 0 Å². The van der Waals surface area contributed by atoms with E-state index in [9.17, 15) is 5.11 Å². The van der Waals surface area contributed by atoms with Crippen LogP contribution in [0.1, 0.15) is 33.6 Å². The first-order valence-corrected chi connectivity index (χ1v) is 8.67. The summed E-state index contributed by atoms with van der Waals surface area (Å²) < 4.78 is 1.66. The van der Waals surface area contributed by atoms with Crippen molar-refractivity contribution in [2.75, 3.05) is 11.9 Å². The molecule has 0 radical (unpaired) electrons. The second-order valence-electron chi connectivity index (χ2n) is 7.15. The molecule has 2 aromatic heterocycles. The minimum atomic E-state index is -0.784. The van der Waals surface area contributed by atoms with Gasteiger partial charge in [-0.1, -0.05) is 44.2 Å². The zero-order valence-electron chi connectivity index (χ0n) is 15.0. The van der Waals surface area contributed by atoms with E-state index in [0.29, 0.717) is 18.2 Å². The summed E-state index contributed by atoms with van der Waals surface area (Å²) in [6, 6.07) is 11.9. The van der Waals surface area contributed by atoms with Crippen LogP contribution >= 0.6 is 0 Å². The maximum Gasteiger partial charge on any atom is 0.254 e. The lowest BCUT2D eigenvalue weighted by Crippen LogP contribution is -2.34. The summed E-state index contributed by atoms with van der Waals surface area (Å²) in [5, 5.41) is 18.2. The van der Waals surface area contributed by atoms with Crippen LogP contribution in [0, 0.1) is 5.92 Å². The first kappa shape index (κ1) is 17.4. The van der Waals surface area contributed by atoms with Crippen LogP contribution in [0.4, 0.5) is 5.82 Å². The highest BCUT2D eigenvalue weighted by atomic mass is 16.3. The van der Waals surface area contributed by atoms with E-state index in [-0.39, 0.29) is 0 Å². The largest absolute Gasteiger partial charge is 0.388 e. The maximum absolute atomic E-state index is 10.6. The van der Waals surface area contributed by atoms with Crippen molar-refractivity contribution in [3.8, 4) is 11.3 Å². The molecule has 3 aromatic rings. The average Bonchev–Trinajstić information content (AvgIpc) is 3.07. The predicted octanol–water partition coefficient (Wildman–Crippen LogP) is 3.39. The Labute approximate surface area is 147 Å². The van der Waals surface area contributed by atoms with E-state index in [4.69, 9.17) is 0 Å². The summed E-state index contributed by atoms with van der Waals surface area (Å²) in [6.45, 7) is 6.63. The highest BCUT2D eigenvalue weighted by Crippen LogP contribution is 2.22. The second-order valence-corrected chi connectivity index (χ2v) is 7.15. The first-order valence-electron chi connectivity index (χ1n) is 8.67. The van der Waals surface area contributed by atoms with Crippen molar-refractivity contribution in [3.63, 3.8) is 0 Å². The first-order chi connectivity index (χ1) is 11.9. The summed E-state index contributed by atoms with van der Waals surface area (Å²) in [5.74, 6) is 1.87. The number of benzene rings is 1. The summed E-state index contributed by atoms with van der Waals surface area (Å²) in [7, 11) is 0. The number of anilines is 1. The van der Waals surface area contributed by atoms with Crippen molar-refractivity contribution in [1.82, 2.24) is 19.6 Å². The molecule has 6 nitrogen and oxygen atoms in total. The van der Waals surface area contributed by atoms with E-state index in [1.807, 2.05) is 43.3 Å². The number of hydrogen-bond donors (Lipinski definition) is 2. The number of aliphatic hydroxyl groups is 1. The zero-order chi connectivity index (χ0) is 17.9. The molecule has 0 bridgehead atoms. The summed E-state index contributed by atoms with van der Waals surface area (Å²) in [5.41, 5.74) is 1.06. The van der Waals surface area contributed by atoms with E-state index in [1.165, 1.54) is 6.33 Å². The molecule has 1 atom stereocenters. The van der Waals surface area contributed by atoms with Gasteiger partial charge in [0, 0.05) is 18.2 Å². The fraction of sp³-hybridized carbons (Fsp3) is 0.421. The van der Waals surface area contributed by atoms with Crippen molar-refractivity contribution < 1.29 is 5.11 Å². The Morgan fingerprint density at radius 3 is 2.72 bits per heavy atom. The standard InChI is InChI=1S/C19H25N5O/c1-14(2)9-10-19(3,25)12-20-17-11-16(15-7-5-4-6-8-15)23-18-21-13-22-24(17)18/h4-8,11,13-14,20,25H,9-10,12H2,1-3H3. The second kappa shape index (κ2) is 7.19. The molecule has 3 rings (SSSR count). The average molecular weight is 339 g/mol. The van der Waals surface area contributed by atoms with Crippen LogP contribution in [-0.4, -0.2) is 36.8 Å². The van der Waals surface area contributed by atoms with Crippen molar-refractivity contribution in [3.05, 3.63) is 42.7 Å². The van der Waals surface area contributed by atoms with Crippen LogP contribution in [0.15, 0.2) is 42.7 Å². The van der Waals surface area contributed by atoms with Gasteiger partial charge in [-0.2, -0.15) is 14.6 Å². The van der Waals surface area contributed by atoms with Gasteiger partial charge in [-0.05, 0) is 25.7 Å². The van der Waals surface area contributed by atoms with Crippen LogP contribution in [0.5, 0.6) is 0 Å². The Kier molecular flexibility index (Phi) is 4.99. The van der Waals surface area contributed by atoms with Crippen LogP contribution in [0.2, 0.25) is 0 Å². The molecule has 6 heteroatoms. The van der Waals surface area contributed by atoms with Crippen LogP contribution in [-0.2, 0) is 0 Å².